The van der Waals surface area contributed by atoms with Crippen LogP contribution in [-0.2, 0) is 4.74 Å². The highest BCUT2D eigenvalue weighted by Crippen LogP contribution is 2.31. The lowest BCUT2D eigenvalue weighted by Crippen LogP contribution is -2.53. The van der Waals surface area contributed by atoms with Gasteiger partial charge in [0.05, 0.1) is 12.2 Å². The Balaban J connectivity index is 1.57. The maximum Gasteiger partial charge on any atom is 0.0706 e. The molecule has 1 aliphatic carbocycles. The molecule has 3 nitrogen and oxygen atoms in total. The molecule has 0 bridgehead atoms. The molecule has 2 unspecified atom stereocenters. The predicted molar refractivity (Wildman–Crippen MR) is 78.4 cm³/mol. The van der Waals surface area contributed by atoms with Crippen LogP contribution in [0.4, 0.5) is 0 Å². The predicted octanol–water partition coefficient (Wildman–Crippen LogP) is 2.55. The number of hydrogen-bond donors (Lipinski definition) is 1. The van der Waals surface area contributed by atoms with Crippen molar-refractivity contribution in [2.75, 3.05) is 26.2 Å². The van der Waals surface area contributed by atoms with Crippen LogP contribution >= 0.6 is 0 Å². The molecule has 0 aromatic carbocycles. The minimum absolute atomic E-state index is 0.430. The number of rotatable bonds is 2. The Morgan fingerprint density at radius 3 is 2.74 bits per heavy atom. The van der Waals surface area contributed by atoms with E-state index in [0.29, 0.717) is 17.7 Å². The van der Waals surface area contributed by atoms with Crippen LogP contribution in [0, 0.1) is 0 Å². The topological polar surface area (TPSA) is 24.5 Å². The fourth-order valence-electron chi connectivity index (χ4n) is 4.25. The average Bonchev–Trinajstić information content (AvgIpc) is 2.71. The van der Waals surface area contributed by atoms with Gasteiger partial charge in [-0.15, -0.1) is 0 Å². The third-order valence-electron chi connectivity index (χ3n) is 5.27. The SMILES string of the molecule is CC1CCC(CN2CCCNC3(CCCCC3)C2)O1. The largest absolute Gasteiger partial charge is 0.374 e. The van der Waals surface area contributed by atoms with E-state index in [1.54, 1.807) is 0 Å². The fraction of sp³-hybridized carbons (Fsp3) is 1.00. The van der Waals surface area contributed by atoms with E-state index in [1.807, 2.05) is 0 Å². The van der Waals surface area contributed by atoms with Crippen LogP contribution in [0.5, 0.6) is 0 Å². The second-order valence-corrected chi connectivity index (χ2v) is 7.00. The van der Waals surface area contributed by atoms with Gasteiger partial charge in [-0.3, -0.25) is 4.90 Å². The Hall–Kier alpha value is -0.120. The van der Waals surface area contributed by atoms with Crippen molar-refractivity contribution in [3.05, 3.63) is 0 Å². The zero-order valence-electron chi connectivity index (χ0n) is 12.5. The van der Waals surface area contributed by atoms with E-state index in [9.17, 15) is 0 Å². The van der Waals surface area contributed by atoms with Crippen molar-refractivity contribution in [1.29, 1.82) is 0 Å². The second kappa shape index (κ2) is 6.11. The Morgan fingerprint density at radius 1 is 1.16 bits per heavy atom. The fourth-order valence-corrected chi connectivity index (χ4v) is 4.25. The van der Waals surface area contributed by atoms with Gasteiger partial charge < -0.3 is 10.1 Å². The van der Waals surface area contributed by atoms with E-state index < -0.39 is 0 Å². The van der Waals surface area contributed by atoms with Crippen LogP contribution < -0.4 is 5.32 Å². The number of nitrogens with zero attached hydrogens (tertiary/aromatic N) is 1. The van der Waals surface area contributed by atoms with Crippen molar-refractivity contribution in [2.45, 2.75) is 76.0 Å². The van der Waals surface area contributed by atoms with Crippen molar-refractivity contribution in [2.24, 2.45) is 0 Å². The molecule has 0 radical (unpaired) electrons. The molecule has 3 heteroatoms. The van der Waals surface area contributed by atoms with Crippen LogP contribution in [0.1, 0.15) is 58.3 Å². The van der Waals surface area contributed by atoms with E-state index in [2.05, 4.69) is 17.1 Å². The lowest BCUT2D eigenvalue weighted by atomic mass is 9.81. The quantitative estimate of drug-likeness (QED) is 0.831. The molecule has 19 heavy (non-hydrogen) atoms. The van der Waals surface area contributed by atoms with Gasteiger partial charge in [0.25, 0.3) is 0 Å². The first-order chi connectivity index (χ1) is 9.26. The normalized spacial score (nSPS) is 36.5. The molecule has 0 amide bonds. The smallest absolute Gasteiger partial charge is 0.0706 e. The van der Waals surface area contributed by atoms with Gasteiger partial charge in [-0.25, -0.2) is 0 Å². The van der Waals surface area contributed by atoms with Crippen molar-refractivity contribution in [3.63, 3.8) is 0 Å². The van der Waals surface area contributed by atoms with Crippen molar-refractivity contribution in [3.8, 4) is 0 Å². The van der Waals surface area contributed by atoms with E-state index in [4.69, 9.17) is 4.74 Å². The molecule has 2 heterocycles. The summed E-state index contributed by atoms with van der Waals surface area (Å²) in [5.41, 5.74) is 0.430. The Bertz CT molecular complexity index is 288. The van der Waals surface area contributed by atoms with E-state index in [1.165, 1.54) is 71.0 Å². The lowest BCUT2D eigenvalue weighted by Gasteiger charge is -2.40. The van der Waals surface area contributed by atoms with Crippen LogP contribution in [0.3, 0.4) is 0 Å². The summed E-state index contributed by atoms with van der Waals surface area (Å²) in [5.74, 6) is 0. The summed E-state index contributed by atoms with van der Waals surface area (Å²) >= 11 is 0. The van der Waals surface area contributed by atoms with Crippen LogP contribution in [0.2, 0.25) is 0 Å². The lowest BCUT2D eigenvalue weighted by molar-refractivity contribution is 0.0256. The van der Waals surface area contributed by atoms with Gasteiger partial charge in [0.15, 0.2) is 0 Å². The molecule has 2 saturated heterocycles. The van der Waals surface area contributed by atoms with Gasteiger partial charge in [-0.2, -0.15) is 0 Å². The number of hydrogen-bond acceptors (Lipinski definition) is 3. The maximum atomic E-state index is 6.02. The summed E-state index contributed by atoms with van der Waals surface area (Å²) in [5, 5.41) is 3.88. The molecule has 2 aliphatic heterocycles. The molecule has 1 N–H and O–H groups in total. The Labute approximate surface area is 118 Å². The molecule has 110 valence electrons. The highest BCUT2D eigenvalue weighted by atomic mass is 16.5. The molecule has 0 aromatic rings. The van der Waals surface area contributed by atoms with Crippen molar-refractivity contribution < 1.29 is 4.74 Å². The van der Waals surface area contributed by atoms with Gasteiger partial charge >= 0.3 is 0 Å². The molecular formula is C16H30N2O. The summed E-state index contributed by atoms with van der Waals surface area (Å²) in [6.45, 7) is 7.09. The molecule has 1 saturated carbocycles. The monoisotopic (exact) mass is 266 g/mol. The Kier molecular flexibility index (Phi) is 4.45. The highest BCUT2D eigenvalue weighted by molar-refractivity contribution is 4.95. The van der Waals surface area contributed by atoms with Gasteiger partial charge in [0.1, 0.15) is 0 Å². The highest BCUT2D eigenvalue weighted by Gasteiger charge is 2.36. The summed E-state index contributed by atoms with van der Waals surface area (Å²) in [6.07, 6.45) is 11.8. The first-order valence-corrected chi connectivity index (χ1v) is 8.39. The molecule has 3 aliphatic rings. The zero-order valence-corrected chi connectivity index (χ0v) is 12.5. The molecule has 3 rings (SSSR count). The van der Waals surface area contributed by atoms with Crippen molar-refractivity contribution in [1.82, 2.24) is 10.2 Å². The minimum Gasteiger partial charge on any atom is -0.374 e. The van der Waals surface area contributed by atoms with Crippen LogP contribution in [0.25, 0.3) is 0 Å². The van der Waals surface area contributed by atoms with Crippen LogP contribution in [0.15, 0.2) is 0 Å². The second-order valence-electron chi connectivity index (χ2n) is 7.00. The van der Waals surface area contributed by atoms with Crippen LogP contribution in [-0.4, -0.2) is 48.8 Å². The Morgan fingerprint density at radius 2 is 2.00 bits per heavy atom. The summed E-state index contributed by atoms with van der Waals surface area (Å²) in [4.78, 5) is 2.69. The molecule has 0 aromatic heterocycles. The molecule has 3 fully saturated rings. The van der Waals surface area contributed by atoms with E-state index >= 15 is 0 Å². The minimum atomic E-state index is 0.430. The summed E-state index contributed by atoms with van der Waals surface area (Å²) in [7, 11) is 0. The average molecular weight is 266 g/mol. The van der Waals surface area contributed by atoms with Gasteiger partial charge in [-0.1, -0.05) is 19.3 Å². The van der Waals surface area contributed by atoms with Gasteiger partial charge in [0.2, 0.25) is 0 Å². The maximum absolute atomic E-state index is 6.02. The zero-order chi connectivity index (χ0) is 13.1. The third-order valence-corrected chi connectivity index (χ3v) is 5.27. The number of nitrogens with one attached hydrogen (secondary N) is 1. The third kappa shape index (κ3) is 3.50. The molecular weight excluding hydrogens is 236 g/mol. The molecule has 2 atom stereocenters. The summed E-state index contributed by atoms with van der Waals surface area (Å²) in [6, 6.07) is 0. The first kappa shape index (κ1) is 13.8. The van der Waals surface area contributed by atoms with Gasteiger partial charge in [-0.05, 0) is 52.1 Å². The van der Waals surface area contributed by atoms with E-state index in [0.717, 1.165) is 6.54 Å². The van der Waals surface area contributed by atoms with Gasteiger partial charge in [0, 0.05) is 18.6 Å². The standard InChI is InChI=1S/C16H30N2O/c1-14-6-7-15(19-14)12-18-11-5-10-17-16(13-18)8-3-2-4-9-16/h14-15,17H,2-13H2,1H3. The molecule has 1 spiro atoms. The summed E-state index contributed by atoms with van der Waals surface area (Å²) < 4.78 is 6.02. The van der Waals surface area contributed by atoms with Crippen molar-refractivity contribution >= 4 is 0 Å². The first-order valence-electron chi connectivity index (χ1n) is 8.39. The number of ether oxygens (including phenoxy) is 1. The van der Waals surface area contributed by atoms with E-state index in [-0.39, 0.29) is 0 Å².